The molecule has 1 aliphatic rings. The molecular weight excluding hydrogens is 268 g/mol. The van der Waals surface area contributed by atoms with Crippen molar-refractivity contribution in [2.24, 2.45) is 0 Å². The Balaban J connectivity index is 1.91. The summed E-state index contributed by atoms with van der Waals surface area (Å²) in [5.74, 6) is 0.934. The van der Waals surface area contributed by atoms with Crippen molar-refractivity contribution in [1.82, 2.24) is 10.3 Å². The summed E-state index contributed by atoms with van der Waals surface area (Å²) in [6, 6.07) is 6.81. The van der Waals surface area contributed by atoms with Crippen LogP contribution in [0.5, 0.6) is 5.75 Å². The van der Waals surface area contributed by atoms with Crippen LogP contribution in [0.2, 0.25) is 0 Å². The molecule has 0 fully saturated rings. The van der Waals surface area contributed by atoms with Crippen LogP contribution in [0.1, 0.15) is 29.3 Å². The van der Waals surface area contributed by atoms with E-state index in [2.05, 4.69) is 31.3 Å². The summed E-state index contributed by atoms with van der Waals surface area (Å²) >= 11 is 1.85. The van der Waals surface area contributed by atoms with Crippen LogP contribution in [0.15, 0.2) is 18.2 Å². The van der Waals surface area contributed by atoms with Crippen LogP contribution >= 0.6 is 11.3 Å². The van der Waals surface area contributed by atoms with E-state index in [4.69, 9.17) is 9.72 Å². The highest BCUT2D eigenvalue weighted by atomic mass is 32.1. The monoisotopic (exact) mass is 288 g/mol. The molecule has 0 spiro atoms. The first-order chi connectivity index (χ1) is 9.67. The maximum Gasteiger partial charge on any atom is 0.119 e. The third-order valence-electron chi connectivity index (χ3n) is 3.59. The van der Waals surface area contributed by atoms with Crippen molar-refractivity contribution in [3.63, 3.8) is 0 Å². The molecule has 0 saturated carbocycles. The minimum absolute atomic E-state index is 0.493. The molecule has 0 saturated heterocycles. The number of rotatable bonds is 4. The molecule has 1 aliphatic carbocycles. The molecule has 0 atom stereocenters. The second kappa shape index (κ2) is 5.54. The fourth-order valence-corrected chi connectivity index (χ4v) is 3.56. The highest BCUT2D eigenvalue weighted by molar-refractivity contribution is 7.12. The summed E-state index contributed by atoms with van der Waals surface area (Å²) in [7, 11) is 1.72. The largest absolute Gasteiger partial charge is 0.497 e. The van der Waals surface area contributed by atoms with Gasteiger partial charge in [-0.1, -0.05) is 13.8 Å². The molecule has 4 heteroatoms. The number of aromatic nitrogens is 1. The Hall–Kier alpha value is -1.39. The fraction of sp³-hybridized carbons (Fsp3) is 0.438. The number of fused-ring (bicyclic) bond motifs is 3. The molecule has 1 N–H and O–H groups in total. The van der Waals surface area contributed by atoms with E-state index in [-0.39, 0.29) is 0 Å². The van der Waals surface area contributed by atoms with Crippen molar-refractivity contribution < 1.29 is 4.74 Å². The summed E-state index contributed by atoms with van der Waals surface area (Å²) in [5.41, 5.74) is 3.81. The Morgan fingerprint density at radius 3 is 2.95 bits per heavy atom. The van der Waals surface area contributed by atoms with Crippen molar-refractivity contribution in [2.75, 3.05) is 7.11 Å². The Morgan fingerprint density at radius 1 is 1.35 bits per heavy atom. The summed E-state index contributed by atoms with van der Waals surface area (Å²) in [4.78, 5) is 6.25. The summed E-state index contributed by atoms with van der Waals surface area (Å²) < 4.78 is 5.31. The number of hydrogen-bond acceptors (Lipinski definition) is 4. The summed E-state index contributed by atoms with van der Waals surface area (Å²) in [6.45, 7) is 5.19. The Bertz CT molecular complexity index is 619. The highest BCUT2D eigenvalue weighted by Crippen LogP contribution is 2.37. The van der Waals surface area contributed by atoms with E-state index in [0.717, 1.165) is 25.1 Å². The van der Waals surface area contributed by atoms with Crippen LogP contribution in [0.4, 0.5) is 0 Å². The quantitative estimate of drug-likeness (QED) is 0.936. The van der Waals surface area contributed by atoms with Gasteiger partial charge in [0.2, 0.25) is 0 Å². The van der Waals surface area contributed by atoms with Crippen molar-refractivity contribution in [3.8, 4) is 17.0 Å². The van der Waals surface area contributed by atoms with Gasteiger partial charge in [-0.2, -0.15) is 0 Å². The third-order valence-corrected chi connectivity index (χ3v) is 4.71. The van der Waals surface area contributed by atoms with E-state index in [9.17, 15) is 0 Å². The molecule has 3 nitrogen and oxygen atoms in total. The van der Waals surface area contributed by atoms with Gasteiger partial charge < -0.3 is 10.1 Å². The van der Waals surface area contributed by atoms with Gasteiger partial charge in [-0.3, -0.25) is 0 Å². The molecule has 1 aromatic carbocycles. The highest BCUT2D eigenvalue weighted by Gasteiger charge is 2.21. The number of benzene rings is 1. The zero-order valence-electron chi connectivity index (χ0n) is 12.2. The molecule has 0 amide bonds. The molecule has 20 heavy (non-hydrogen) atoms. The normalized spacial score (nSPS) is 13.2. The minimum atomic E-state index is 0.493. The zero-order valence-corrected chi connectivity index (χ0v) is 13.0. The van der Waals surface area contributed by atoms with Gasteiger partial charge in [0, 0.05) is 23.0 Å². The van der Waals surface area contributed by atoms with Crippen LogP contribution in [-0.2, 0) is 19.4 Å². The number of hydrogen-bond donors (Lipinski definition) is 1. The lowest BCUT2D eigenvalue weighted by Gasteiger charge is -2.15. The Labute approximate surface area is 124 Å². The lowest BCUT2D eigenvalue weighted by Crippen LogP contribution is -2.21. The van der Waals surface area contributed by atoms with Crippen molar-refractivity contribution in [2.45, 2.75) is 39.3 Å². The van der Waals surface area contributed by atoms with Crippen LogP contribution in [0, 0.1) is 0 Å². The first-order valence-corrected chi connectivity index (χ1v) is 7.88. The van der Waals surface area contributed by atoms with Crippen LogP contribution in [-0.4, -0.2) is 18.1 Å². The van der Waals surface area contributed by atoms with Crippen molar-refractivity contribution in [3.05, 3.63) is 33.6 Å². The van der Waals surface area contributed by atoms with E-state index in [0.29, 0.717) is 6.04 Å². The van der Waals surface area contributed by atoms with Crippen molar-refractivity contribution in [1.29, 1.82) is 0 Å². The number of thiazole rings is 1. The number of nitrogens with zero attached hydrogens (tertiary/aromatic N) is 1. The molecule has 106 valence electrons. The van der Waals surface area contributed by atoms with Crippen LogP contribution < -0.4 is 10.1 Å². The molecule has 0 radical (unpaired) electrons. The number of nitrogens with one attached hydrogen (secondary N) is 1. The molecule has 0 aliphatic heterocycles. The van der Waals surface area contributed by atoms with Crippen molar-refractivity contribution >= 4 is 11.3 Å². The van der Waals surface area contributed by atoms with Gasteiger partial charge in [0.15, 0.2) is 0 Å². The molecule has 1 aromatic heterocycles. The van der Waals surface area contributed by atoms with E-state index >= 15 is 0 Å². The number of ether oxygens (including phenoxy) is 1. The van der Waals surface area contributed by atoms with Crippen LogP contribution in [0.3, 0.4) is 0 Å². The second-order valence-electron chi connectivity index (χ2n) is 5.44. The maximum absolute atomic E-state index is 5.31. The molecular formula is C16H20N2OS. The van der Waals surface area contributed by atoms with E-state index in [1.54, 1.807) is 7.11 Å². The zero-order chi connectivity index (χ0) is 14.1. The smallest absolute Gasteiger partial charge is 0.119 e. The fourth-order valence-electron chi connectivity index (χ4n) is 2.53. The van der Waals surface area contributed by atoms with E-state index < -0.39 is 0 Å². The van der Waals surface area contributed by atoms with E-state index in [1.807, 2.05) is 17.4 Å². The van der Waals surface area contributed by atoms with Crippen LogP contribution in [0.25, 0.3) is 11.3 Å². The average molecular weight is 288 g/mol. The standard InChI is InChI=1S/C16H20N2OS/c1-10(2)17-9-15-18-16-13-6-5-12(19-3)8-11(13)4-7-14(16)20-15/h5-6,8,10,17H,4,7,9H2,1-3H3. The van der Waals surface area contributed by atoms with Gasteiger partial charge >= 0.3 is 0 Å². The van der Waals surface area contributed by atoms with Gasteiger partial charge in [0.1, 0.15) is 10.8 Å². The maximum atomic E-state index is 5.31. The lowest BCUT2D eigenvalue weighted by molar-refractivity contribution is 0.414. The molecule has 3 rings (SSSR count). The van der Waals surface area contributed by atoms with Gasteiger partial charge in [-0.25, -0.2) is 4.98 Å². The van der Waals surface area contributed by atoms with E-state index in [1.165, 1.54) is 26.7 Å². The second-order valence-corrected chi connectivity index (χ2v) is 6.61. The molecule has 0 bridgehead atoms. The molecule has 0 unspecified atom stereocenters. The van der Waals surface area contributed by atoms with Gasteiger partial charge in [-0.05, 0) is 36.6 Å². The summed E-state index contributed by atoms with van der Waals surface area (Å²) in [6.07, 6.45) is 2.17. The van der Waals surface area contributed by atoms with Gasteiger partial charge in [0.25, 0.3) is 0 Å². The topological polar surface area (TPSA) is 34.1 Å². The number of methoxy groups -OCH3 is 1. The first-order valence-electron chi connectivity index (χ1n) is 7.06. The average Bonchev–Trinajstić information content (AvgIpc) is 2.87. The SMILES string of the molecule is COc1ccc2c(c1)CCc1sc(CNC(C)C)nc1-2. The Morgan fingerprint density at radius 2 is 2.20 bits per heavy atom. The van der Waals surface area contributed by atoms with Gasteiger partial charge in [-0.15, -0.1) is 11.3 Å². The first kappa shape index (κ1) is 13.6. The molecule has 2 aromatic rings. The summed E-state index contributed by atoms with van der Waals surface area (Å²) in [5, 5.41) is 4.63. The predicted molar refractivity (Wildman–Crippen MR) is 83.5 cm³/mol. The third kappa shape index (κ3) is 2.58. The lowest BCUT2D eigenvalue weighted by atomic mass is 9.93. The predicted octanol–water partition coefficient (Wildman–Crippen LogP) is 3.42. The Kier molecular flexibility index (Phi) is 3.76. The molecule has 1 heterocycles. The van der Waals surface area contributed by atoms with Gasteiger partial charge in [0.05, 0.1) is 12.8 Å². The number of aryl methyl sites for hydroxylation is 2. The minimum Gasteiger partial charge on any atom is -0.497 e.